The summed E-state index contributed by atoms with van der Waals surface area (Å²) in [6, 6.07) is 5.76. The molecule has 1 unspecified atom stereocenters. The minimum atomic E-state index is -0.325. The van der Waals surface area contributed by atoms with Crippen LogP contribution in [0.3, 0.4) is 0 Å². The number of carbonyl (C=O) groups is 1. The minimum absolute atomic E-state index is 0.113. The second-order valence-electron chi connectivity index (χ2n) is 6.69. The third-order valence-electron chi connectivity index (χ3n) is 5.10. The molecule has 2 nitrogen and oxygen atoms in total. The molecule has 1 aliphatic carbocycles. The summed E-state index contributed by atoms with van der Waals surface area (Å²) in [5.41, 5.74) is 0.981. The number of nitrogens with one attached hydrogen (secondary N) is 1. The first-order valence-electron chi connectivity index (χ1n) is 6.74. The SMILES string of the molecule is CC(NC(=O)c1ccc(F)cc1)C1C(C)(C)C1(C)C. The molecule has 2 rings (SSSR count). The molecular weight excluding hydrogens is 241 g/mol. The number of halogens is 1. The van der Waals surface area contributed by atoms with E-state index in [1.807, 2.05) is 6.92 Å². The highest BCUT2D eigenvalue weighted by Gasteiger charge is 2.66. The third kappa shape index (κ3) is 2.26. The maximum absolute atomic E-state index is 12.8. The Morgan fingerprint density at radius 2 is 1.63 bits per heavy atom. The third-order valence-corrected chi connectivity index (χ3v) is 5.10. The molecule has 1 saturated carbocycles. The molecule has 0 spiro atoms. The van der Waals surface area contributed by atoms with Gasteiger partial charge in [0.2, 0.25) is 0 Å². The molecule has 1 aromatic rings. The van der Waals surface area contributed by atoms with Gasteiger partial charge in [-0.25, -0.2) is 4.39 Å². The number of carbonyl (C=O) groups excluding carboxylic acids is 1. The van der Waals surface area contributed by atoms with Crippen molar-refractivity contribution >= 4 is 5.91 Å². The Kier molecular flexibility index (Phi) is 3.20. The van der Waals surface area contributed by atoms with Crippen LogP contribution >= 0.6 is 0 Å². The van der Waals surface area contributed by atoms with Gasteiger partial charge in [0.25, 0.3) is 5.91 Å². The summed E-state index contributed by atoms with van der Waals surface area (Å²) in [6.07, 6.45) is 0. The average Bonchev–Trinajstić information content (AvgIpc) is 2.69. The van der Waals surface area contributed by atoms with E-state index in [9.17, 15) is 9.18 Å². The van der Waals surface area contributed by atoms with E-state index in [4.69, 9.17) is 0 Å². The first-order valence-corrected chi connectivity index (χ1v) is 6.74. The molecular formula is C16H22FNO. The fraction of sp³-hybridized carbons (Fsp3) is 0.562. The van der Waals surface area contributed by atoms with Crippen LogP contribution in [0.1, 0.15) is 45.0 Å². The highest BCUT2D eigenvalue weighted by molar-refractivity contribution is 5.94. The summed E-state index contributed by atoms with van der Waals surface area (Å²) >= 11 is 0. The van der Waals surface area contributed by atoms with Crippen molar-refractivity contribution in [3.05, 3.63) is 35.6 Å². The van der Waals surface area contributed by atoms with Gasteiger partial charge >= 0.3 is 0 Å². The van der Waals surface area contributed by atoms with Crippen LogP contribution in [-0.4, -0.2) is 11.9 Å². The Balaban J connectivity index is 2.03. The van der Waals surface area contributed by atoms with Crippen LogP contribution in [0.2, 0.25) is 0 Å². The first kappa shape index (κ1) is 14.0. The lowest BCUT2D eigenvalue weighted by atomic mass is 10.0. The zero-order valence-electron chi connectivity index (χ0n) is 12.3. The molecule has 0 heterocycles. The zero-order valence-corrected chi connectivity index (χ0v) is 12.3. The van der Waals surface area contributed by atoms with Crippen LogP contribution in [-0.2, 0) is 0 Å². The predicted molar refractivity (Wildman–Crippen MR) is 74.4 cm³/mol. The molecule has 3 heteroatoms. The van der Waals surface area contributed by atoms with E-state index in [0.29, 0.717) is 11.5 Å². The Bertz CT molecular complexity index is 476. The quantitative estimate of drug-likeness (QED) is 0.886. The van der Waals surface area contributed by atoms with Gasteiger partial charge in [0.05, 0.1) is 0 Å². The second kappa shape index (κ2) is 4.32. The molecule has 1 aliphatic rings. The van der Waals surface area contributed by atoms with E-state index >= 15 is 0 Å². The second-order valence-corrected chi connectivity index (χ2v) is 6.69. The highest BCUT2D eigenvalue weighted by atomic mass is 19.1. The highest BCUT2D eigenvalue weighted by Crippen LogP contribution is 2.69. The number of benzene rings is 1. The van der Waals surface area contributed by atoms with Crippen LogP contribution in [0, 0.1) is 22.6 Å². The summed E-state index contributed by atoms with van der Waals surface area (Å²) in [6.45, 7) is 11.0. The molecule has 0 saturated heterocycles. The maximum Gasteiger partial charge on any atom is 0.251 e. The summed E-state index contributed by atoms with van der Waals surface area (Å²) in [4.78, 5) is 12.1. The van der Waals surface area contributed by atoms with Crippen molar-refractivity contribution < 1.29 is 9.18 Å². The van der Waals surface area contributed by atoms with Crippen molar-refractivity contribution in [2.45, 2.75) is 40.7 Å². The number of hydrogen-bond donors (Lipinski definition) is 1. The van der Waals surface area contributed by atoms with Crippen molar-refractivity contribution in [1.29, 1.82) is 0 Å². The normalized spacial score (nSPS) is 21.8. The van der Waals surface area contributed by atoms with Crippen molar-refractivity contribution in [2.75, 3.05) is 0 Å². The Morgan fingerprint density at radius 1 is 1.16 bits per heavy atom. The molecule has 1 aromatic carbocycles. The van der Waals surface area contributed by atoms with E-state index in [1.165, 1.54) is 24.3 Å². The average molecular weight is 263 g/mol. The van der Waals surface area contributed by atoms with E-state index in [1.54, 1.807) is 0 Å². The first-order chi connectivity index (χ1) is 8.68. The number of rotatable bonds is 3. The maximum atomic E-state index is 12.8. The molecule has 0 aliphatic heterocycles. The van der Waals surface area contributed by atoms with E-state index < -0.39 is 0 Å². The fourth-order valence-electron chi connectivity index (χ4n) is 3.47. The Hall–Kier alpha value is -1.38. The van der Waals surface area contributed by atoms with Crippen LogP contribution < -0.4 is 5.32 Å². The van der Waals surface area contributed by atoms with Gasteiger partial charge in [-0.15, -0.1) is 0 Å². The van der Waals surface area contributed by atoms with Gasteiger partial charge in [-0.05, 0) is 47.9 Å². The van der Waals surface area contributed by atoms with Gasteiger partial charge in [0.1, 0.15) is 5.82 Å². The topological polar surface area (TPSA) is 29.1 Å². The molecule has 1 N–H and O–H groups in total. The smallest absolute Gasteiger partial charge is 0.251 e. The number of amides is 1. The lowest BCUT2D eigenvalue weighted by molar-refractivity contribution is 0.0932. The molecule has 104 valence electrons. The molecule has 0 radical (unpaired) electrons. The van der Waals surface area contributed by atoms with Gasteiger partial charge in [0.15, 0.2) is 0 Å². The monoisotopic (exact) mass is 263 g/mol. The van der Waals surface area contributed by atoms with Gasteiger partial charge < -0.3 is 5.32 Å². The summed E-state index contributed by atoms with van der Waals surface area (Å²) in [5.74, 6) is 0.00413. The van der Waals surface area contributed by atoms with Crippen LogP contribution in [0.25, 0.3) is 0 Å². The van der Waals surface area contributed by atoms with Crippen LogP contribution in [0.15, 0.2) is 24.3 Å². The minimum Gasteiger partial charge on any atom is -0.349 e. The van der Waals surface area contributed by atoms with Crippen molar-refractivity contribution in [3.8, 4) is 0 Å². The lowest BCUT2D eigenvalue weighted by Crippen LogP contribution is -2.35. The van der Waals surface area contributed by atoms with Crippen LogP contribution in [0.4, 0.5) is 4.39 Å². The van der Waals surface area contributed by atoms with Gasteiger partial charge in [0, 0.05) is 11.6 Å². The molecule has 1 atom stereocenters. The molecule has 19 heavy (non-hydrogen) atoms. The molecule has 1 fully saturated rings. The fourth-order valence-corrected chi connectivity index (χ4v) is 3.47. The predicted octanol–water partition coefficient (Wildman–Crippen LogP) is 3.63. The molecule has 0 bridgehead atoms. The van der Waals surface area contributed by atoms with Crippen molar-refractivity contribution in [2.24, 2.45) is 16.7 Å². The van der Waals surface area contributed by atoms with Gasteiger partial charge in [-0.2, -0.15) is 0 Å². The van der Waals surface area contributed by atoms with Gasteiger partial charge in [-0.3, -0.25) is 4.79 Å². The van der Waals surface area contributed by atoms with Crippen molar-refractivity contribution in [3.63, 3.8) is 0 Å². The largest absolute Gasteiger partial charge is 0.349 e. The lowest BCUT2D eigenvalue weighted by Gasteiger charge is -2.16. The Labute approximate surface area is 114 Å². The summed E-state index contributed by atoms with van der Waals surface area (Å²) < 4.78 is 12.8. The van der Waals surface area contributed by atoms with E-state index in [0.717, 1.165) is 0 Å². The molecule has 1 amide bonds. The Morgan fingerprint density at radius 3 is 2.05 bits per heavy atom. The summed E-state index contributed by atoms with van der Waals surface area (Å²) in [5, 5.41) is 3.03. The molecule has 0 aromatic heterocycles. The van der Waals surface area contributed by atoms with Crippen LogP contribution in [0.5, 0.6) is 0 Å². The summed E-state index contributed by atoms with van der Waals surface area (Å²) in [7, 11) is 0. The zero-order chi connectivity index (χ0) is 14.4. The van der Waals surface area contributed by atoms with E-state index in [-0.39, 0.29) is 28.6 Å². The number of hydrogen-bond acceptors (Lipinski definition) is 1. The standard InChI is InChI=1S/C16H22FNO/c1-10(13-15(2,3)16(13,4)5)18-14(19)11-6-8-12(17)9-7-11/h6-10,13H,1-5H3,(H,18,19). The van der Waals surface area contributed by atoms with Gasteiger partial charge in [-0.1, -0.05) is 27.7 Å². The van der Waals surface area contributed by atoms with Crippen molar-refractivity contribution in [1.82, 2.24) is 5.32 Å². The van der Waals surface area contributed by atoms with E-state index in [2.05, 4.69) is 33.0 Å².